The van der Waals surface area contributed by atoms with Crippen LogP contribution in [0, 0.1) is 10.1 Å². The molecule has 0 heterocycles. The van der Waals surface area contributed by atoms with Gasteiger partial charge in [-0.15, -0.1) is 0 Å². The van der Waals surface area contributed by atoms with E-state index in [-0.39, 0.29) is 17.8 Å². The van der Waals surface area contributed by atoms with Crippen molar-refractivity contribution in [2.24, 2.45) is 4.99 Å². The summed E-state index contributed by atoms with van der Waals surface area (Å²) in [7, 11) is 0. The molecule has 0 amide bonds. The molecule has 1 saturated carbocycles. The Labute approximate surface area is 105 Å². The molecule has 1 aromatic carbocycles. The molecule has 1 aliphatic carbocycles. The Hall–Kier alpha value is -1.75. The van der Waals surface area contributed by atoms with Crippen LogP contribution < -0.4 is 0 Å². The molecule has 96 valence electrons. The summed E-state index contributed by atoms with van der Waals surface area (Å²) in [6, 6.07) is 6.75. The summed E-state index contributed by atoms with van der Waals surface area (Å²) in [5.41, 5.74) is 0.616. The molecule has 0 radical (unpaired) electrons. The van der Waals surface area contributed by atoms with E-state index >= 15 is 0 Å². The Morgan fingerprint density at radius 1 is 1.28 bits per heavy atom. The van der Waals surface area contributed by atoms with Crippen LogP contribution in [0.25, 0.3) is 0 Å². The number of aliphatic hydroxyl groups excluding tert-OH is 1. The van der Waals surface area contributed by atoms with E-state index in [0.29, 0.717) is 5.56 Å². The van der Waals surface area contributed by atoms with Crippen molar-refractivity contribution in [2.75, 3.05) is 0 Å². The molecular weight excluding hydrogens is 232 g/mol. The number of nitro groups is 1. The molecule has 0 atom stereocenters. The van der Waals surface area contributed by atoms with Crippen LogP contribution in [0.1, 0.15) is 31.2 Å². The van der Waals surface area contributed by atoms with Crippen molar-refractivity contribution in [1.29, 1.82) is 0 Å². The van der Waals surface area contributed by atoms with E-state index in [1.165, 1.54) is 6.07 Å². The lowest BCUT2D eigenvalue weighted by molar-refractivity contribution is -0.385. The van der Waals surface area contributed by atoms with Crippen LogP contribution in [0.4, 0.5) is 5.69 Å². The molecule has 0 aromatic heterocycles. The highest BCUT2D eigenvalue weighted by atomic mass is 16.6. The van der Waals surface area contributed by atoms with Gasteiger partial charge >= 0.3 is 0 Å². The van der Waals surface area contributed by atoms with Crippen LogP contribution in [0.3, 0.4) is 0 Å². The Balaban J connectivity index is 2.07. The first-order chi connectivity index (χ1) is 8.66. The van der Waals surface area contributed by atoms with Crippen molar-refractivity contribution >= 4 is 11.9 Å². The van der Waals surface area contributed by atoms with Gasteiger partial charge in [0.1, 0.15) is 0 Å². The van der Waals surface area contributed by atoms with Crippen molar-refractivity contribution in [3.05, 3.63) is 39.9 Å². The van der Waals surface area contributed by atoms with Crippen molar-refractivity contribution in [3.63, 3.8) is 0 Å². The number of para-hydroxylation sites is 1. The van der Waals surface area contributed by atoms with E-state index in [4.69, 9.17) is 0 Å². The van der Waals surface area contributed by atoms with Crippen LogP contribution >= 0.6 is 0 Å². The van der Waals surface area contributed by atoms with Gasteiger partial charge in [-0.3, -0.25) is 15.1 Å². The maximum absolute atomic E-state index is 10.8. The van der Waals surface area contributed by atoms with Crippen molar-refractivity contribution < 1.29 is 10.0 Å². The van der Waals surface area contributed by atoms with Crippen LogP contribution in [0.15, 0.2) is 29.3 Å². The minimum Gasteiger partial charge on any atom is -0.393 e. The molecule has 1 N–H and O–H groups in total. The average Bonchev–Trinajstić information content (AvgIpc) is 2.38. The zero-order valence-electron chi connectivity index (χ0n) is 10.0. The largest absolute Gasteiger partial charge is 0.393 e. The smallest absolute Gasteiger partial charge is 0.278 e. The predicted octanol–water partition coefficient (Wildman–Crippen LogP) is 2.32. The fourth-order valence-electron chi connectivity index (χ4n) is 2.16. The summed E-state index contributed by atoms with van der Waals surface area (Å²) in [6.07, 6.45) is 4.59. The monoisotopic (exact) mass is 248 g/mol. The quantitative estimate of drug-likeness (QED) is 0.506. The molecule has 2 rings (SSSR count). The molecule has 0 saturated heterocycles. The topological polar surface area (TPSA) is 75.7 Å². The van der Waals surface area contributed by atoms with E-state index in [1.54, 1.807) is 24.4 Å². The highest BCUT2D eigenvalue weighted by Crippen LogP contribution is 2.22. The molecule has 5 nitrogen and oxygen atoms in total. The molecule has 1 aromatic rings. The van der Waals surface area contributed by atoms with Gasteiger partial charge in [-0.2, -0.15) is 0 Å². The number of benzene rings is 1. The van der Waals surface area contributed by atoms with Gasteiger partial charge in [0.15, 0.2) is 0 Å². The fourth-order valence-corrected chi connectivity index (χ4v) is 2.16. The number of aliphatic hydroxyl groups is 1. The second-order valence-corrected chi connectivity index (χ2v) is 4.56. The second-order valence-electron chi connectivity index (χ2n) is 4.56. The summed E-state index contributed by atoms with van der Waals surface area (Å²) >= 11 is 0. The van der Waals surface area contributed by atoms with Crippen molar-refractivity contribution in [3.8, 4) is 0 Å². The lowest BCUT2D eigenvalue weighted by atomic mass is 9.93. The van der Waals surface area contributed by atoms with Gasteiger partial charge in [0.2, 0.25) is 0 Å². The van der Waals surface area contributed by atoms with E-state index in [1.807, 2.05) is 0 Å². The third-order valence-corrected chi connectivity index (χ3v) is 3.22. The van der Waals surface area contributed by atoms with E-state index in [0.717, 1.165) is 25.7 Å². The Morgan fingerprint density at radius 2 is 1.94 bits per heavy atom. The fraction of sp³-hybridized carbons (Fsp3) is 0.462. The molecule has 0 unspecified atom stereocenters. The molecule has 0 bridgehead atoms. The number of hydrogen-bond acceptors (Lipinski definition) is 4. The third kappa shape index (κ3) is 3.13. The van der Waals surface area contributed by atoms with Crippen LogP contribution in [0.5, 0.6) is 0 Å². The van der Waals surface area contributed by atoms with E-state index in [2.05, 4.69) is 4.99 Å². The summed E-state index contributed by atoms with van der Waals surface area (Å²) in [6.45, 7) is 0. The average molecular weight is 248 g/mol. The lowest BCUT2D eigenvalue weighted by Crippen LogP contribution is -2.20. The third-order valence-electron chi connectivity index (χ3n) is 3.22. The highest BCUT2D eigenvalue weighted by Gasteiger charge is 2.18. The molecule has 0 spiro atoms. The van der Waals surface area contributed by atoms with Crippen LogP contribution in [-0.2, 0) is 0 Å². The zero-order valence-corrected chi connectivity index (χ0v) is 10.0. The normalized spacial score (nSPS) is 24.3. The summed E-state index contributed by atoms with van der Waals surface area (Å²) in [5.74, 6) is 0. The molecule has 5 heteroatoms. The molecule has 1 fully saturated rings. The Morgan fingerprint density at radius 3 is 2.61 bits per heavy atom. The van der Waals surface area contributed by atoms with Gasteiger partial charge in [-0.1, -0.05) is 12.1 Å². The SMILES string of the molecule is O=[N+]([O-])c1ccccc1C=NC1CCC(O)CC1. The molecule has 0 aliphatic heterocycles. The molecular formula is C13H16N2O3. The second kappa shape index (κ2) is 5.73. The zero-order chi connectivity index (χ0) is 13.0. The number of aliphatic imine (C=N–C) groups is 1. The first kappa shape index (κ1) is 12.7. The maximum atomic E-state index is 10.8. The van der Waals surface area contributed by atoms with Gasteiger partial charge in [0.05, 0.1) is 22.6 Å². The number of hydrogen-bond donors (Lipinski definition) is 1. The summed E-state index contributed by atoms with van der Waals surface area (Å²) < 4.78 is 0. The minimum absolute atomic E-state index is 0.0806. The Kier molecular flexibility index (Phi) is 4.04. The lowest BCUT2D eigenvalue weighted by Gasteiger charge is -2.22. The molecule has 18 heavy (non-hydrogen) atoms. The first-order valence-electron chi connectivity index (χ1n) is 6.11. The highest BCUT2D eigenvalue weighted by molar-refractivity contribution is 5.85. The maximum Gasteiger partial charge on any atom is 0.278 e. The van der Waals surface area contributed by atoms with Gasteiger partial charge in [0.25, 0.3) is 5.69 Å². The van der Waals surface area contributed by atoms with Gasteiger partial charge in [-0.25, -0.2) is 0 Å². The predicted molar refractivity (Wildman–Crippen MR) is 69.0 cm³/mol. The van der Waals surface area contributed by atoms with E-state index < -0.39 is 4.92 Å². The summed E-state index contributed by atoms with van der Waals surface area (Å²) in [5, 5.41) is 20.2. The first-order valence-corrected chi connectivity index (χ1v) is 6.11. The minimum atomic E-state index is -0.397. The number of nitrogens with zero attached hydrogens (tertiary/aromatic N) is 2. The van der Waals surface area contributed by atoms with Crippen LogP contribution in [-0.4, -0.2) is 28.4 Å². The summed E-state index contributed by atoms with van der Waals surface area (Å²) in [4.78, 5) is 14.8. The van der Waals surface area contributed by atoms with Gasteiger partial charge in [0, 0.05) is 12.3 Å². The van der Waals surface area contributed by atoms with Crippen LogP contribution in [0.2, 0.25) is 0 Å². The molecule has 1 aliphatic rings. The number of rotatable bonds is 3. The van der Waals surface area contributed by atoms with Crippen molar-refractivity contribution in [2.45, 2.75) is 37.8 Å². The van der Waals surface area contributed by atoms with Crippen molar-refractivity contribution in [1.82, 2.24) is 0 Å². The van der Waals surface area contributed by atoms with E-state index in [9.17, 15) is 15.2 Å². The van der Waals surface area contributed by atoms with Gasteiger partial charge < -0.3 is 5.11 Å². The Bertz CT molecular complexity index is 451. The number of nitro benzene ring substituents is 1. The van der Waals surface area contributed by atoms with Gasteiger partial charge in [-0.05, 0) is 31.7 Å². The standard InChI is InChI=1S/C13H16N2O3/c16-12-7-5-11(6-8-12)14-9-10-3-1-2-4-13(10)15(17)18/h1-4,9,11-12,16H,5-8H2.